The molecule has 1 saturated heterocycles. The number of nitrogens with zero attached hydrogens (tertiary/aromatic N) is 1. The first-order valence-corrected chi connectivity index (χ1v) is 8.78. The third-order valence-corrected chi connectivity index (χ3v) is 6.06. The highest BCUT2D eigenvalue weighted by molar-refractivity contribution is 7.89. The van der Waals surface area contributed by atoms with Gasteiger partial charge in [0.05, 0.1) is 10.8 Å². The minimum Gasteiger partial charge on any atom is -0.501 e. The van der Waals surface area contributed by atoms with Crippen LogP contribution in [0.3, 0.4) is 0 Å². The normalized spacial score (nSPS) is 26.7. The molecule has 9 heteroatoms. The maximum atomic E-state index is 13.3. The van der Waals surface area contributed by atoms with Crippen molar-refractivity contribution in [2.75, 3.05) is 12.3 Å². The molecule has 2 heterocycles. The van der Waals surface area contributed by atoms with Gasteiger partial charge in [-0.25, -0.2) is 17.1 Å². The molecular weight excluding hydrogens is 349 g/mol. The molecule has 6 nitrogen and oxygen atoms in total. The number of hydrogen-bond donors (Lipinski definition) is 1. The van der Waals surface area contributed by atoms with E-state index in [4.69, 9.17) is 16.3 Å². The lowest BCUT2D eigenvalue weighted by Gasteiger charge is -2.26. The van der Waals surface area contributed by atoms with Crippen molar-refractivity contribution >= 4 is 27.4 Å². The van der Waals surface area contributed by atoms with Crippen molar-refractivity contribution in [1.29, 1.82) is 0 Å². The molecule has 0 amide bonds. The van der Waals surface area contributed by atoms with Crippen LogP contribution in [0.1, 0.15) is 18.9 Å². The fraction of sp³-hybridized carbons (Fsp3) is 0.357. The zero-order chi connectivity index (χ0) is 17.0. The molecule has 2 aliphatic rings. The van der Waals surface area contributed by atoms with Gasteiger partial charge >= 0.3 is 0 Å². The zero-order valence-electron chi connectivity index (χ0n) is 12.0. The van der Waals surface area contributed by atoms with E-state index in [0.29, 0.717) is 6.42 Å². The summed E-state index contributed by atoms with van der Waals surface area (Å²) in [5.74, 6) is -2.71. The summed E-state index contributed by atoms with van der Waals surface area (Å²) in [6.07, 6.45) is 0.371. The predicted octanol–water partition coefficient (Wildman–Crippen LogP) is 2.06. The first-order valence-electron chi connectivity index (χ1n) is 6.80. The number of hydrogen-bond acceptors (Lipinski definition) is 5. The summed E-state index contributed by atoms with van der Waals surface area (Å²) in [7, 11) is -3.62. The van der Waals surface area contributed by atoms with Crippen LogP contribution in [0.15, 0.2) is 29.8 Å². The monoisotopic (exact) mass is 361 g/mol. The second-order valence-corrected chi connectivity index (χ2v) is 7.91. The Hall–Kier alpha value is -1.80. The largest absolute Gasteiger partial charge is 0.501 e. The molecule has 124 valence electrons. The minimum absolute atomic E-state index is 0.0829. The summed E-state index contributed by atoms with van der Waals surface area (Å²) < 4.78 is 43.6. The lowest BCUT2D eigenvalue weighted by Crippen LogP contribution is -2.32. The number of carbonyl (C=O) groups is 1. The molecule has 0 spiro atoms. The summed E-state index contributed by atoms with van der Waals surface area (Å²) in [5.41, 5.74) is -1.46. The fourth-order valence-electron chi connectivity index (χ4n) is 2.63. The van der Waals surface area contributed by atoms with Crippen LogP contribution in [-0.4, -0.2) is 35.9 Å². The number of aliphatic hydroxyl groups excluding tert-OH is 1. The van der Waals surface area contributed by atoms with E-state index in [9.17, 15) is 22.7 Å². The predicted molar refractivity (Wildman–Crippen MR) is 79.6 cm³/mol. The lowest BCUT2D eigenvalue weighted by molar-refractivity contribution is -0.132. The highest BCUT2D eigenvalue weighted by Gasteiger charge is 2.51. The third-order valence-electron chi connectivity index (χ3n) is 3.95. The summed E-state index contributed by atoms with van der Waals surface area (Å²) >= 11 is 5.72. The molecule has 1 N–H and O–H groups in total. The van der Waals surface area contributed by atoms with Gasteiger partial charge in [0.2, 0.25) is 15.8 Å². The van der Waals surface area contributed by atoms with Gasteiger partial charge in [0.1, 0.15) is 5.82 Å². The average Bonchev–Trinajstić information content (AvgIpc) is 2.94. The lowest BCUT2D eigenvalue weighted by atomic mass is 9.91. The fourth-order valence-corrected chi connectivity index (χ4v) is 4.31. The molecule has 0 aromatic heterocycles. The number of halogens is 2. The number of Topliss-reactive ketones (excluding diaryl/α,β-unsaturated/α-hetero) is 1. The molecule has 1 unspecified atom stereocenters. The number of carbonyl (C=O) groups excluding carboxylic acids is 1. The van der Waals surface area contributed by atoms with Gasteiger partial charge in [-0.15, -0.1) is 0 Å². The van der Waals surface area contributed by atoms with E-state index in [1.165, 1.54) is 19.1 Å². The topological polar surface area (TPSA) is 83.9 Å². The Morgan fingerprint density at radius 3 is 2.70 bits per heavy atom. The number of ether oxygens (including phenoxy) is 1. The highest BCUT2D eigenvalue weighted by Crippen LogP contribution is 2.41. The van der Waals surface area contributed by atoms with Gasteiger partial charge in [-0.2, -0.15) is 0 Å². The molecule has 0 saturated carbocycles. The Balaban J connectivity index is 2.02. The molecule has 0 bridgehead atoms. The number of sulfonamides is 1. The van der Waals surface area contributed by atoms with E-state index >= 15 is 0 Å². The van der Waals surface area contributed by atoms with Crippen LogP contribution < -0.4 is 0 Å². The second-order valence-electron chi connectivity index (χ2n) is 5.49. The van der Waals surface area contributed by atoms with Crippen molar-refractivity contribution in [3.05, 3.63) is 46.2 Å². The quantitative estimate of drug-likeness (QED) is 0.871. The molecule has 3 rings (SSSR count). The van der Waals surface area contributed by atoms with Gasteiger partial charge in [0.15, 0.2) is 5.60 Å². The van der Waals surface area contributed by atoms with Crippen LogP contribution in [0.2, 0.25) is 5.02 Å². The van der Waals surface area contributed by atoms with Gasteiger partial charge in [-0.05, 0) is 25.5 Å². The first kappa shape index (κ1) is 16.1. The highest BCUT2D eigenvalue weighted by atomic mass is 35.5. The summed E-state index contributed by atoms with van der Waals surface area (Å²) in [5, 5.41) is 9.86. The second kappa shape index (κ2) is 5.10. The van der Waals surface area contributed by atoms with Crippen molar-refractivity contribution < 1.29 is 27.4 Å². The minimum atomic E-state index is -3.62. The van der Waals surface area contributed by atoms with E-state index in [-0.39, 0.29) is 22.9 Å². The van der Waals surface area contributed by atoms with Crippen molar-refractivity contribution in [2.24, 2.45) is 0 Å². The Morgan fingerprint density at radius 1 is 1.43 bits per heavy atom. The van der Waals surface area contributed by atoms with Gasteiger partial charge in [-0.3, -0.25) is 4.79 Å². The van der Waals surface area contributed by atoms with Crippen molar-refractivity contribution in [1.82, 2.24) is 4.31 Å². The number of benzene rings is 1. The van der Waals surface area contributed by atoms with Crippen LogP contribution >= 0.6 is 11.6 Å². The van der Waals surface area contributed by atoms with Crippen molar-refractivity contribution in [3.8, 4) is 0 Å². The van der Waals surface area contributed by atoms with E-state index in [0.717, 1.165) is 10.4 Å². The molecule has 23 heavy (non-hydrogen) atoms. The van der Waals surface area contributed by atoms with Gasteiger partial charge in [0.25, 0.3) is 11.7 Å². The summed E-state index contributed by atoms with van der Waals surface area (Å²) in [6, 6.07) is 3.58. The maximum Gasteiger partial charge on any atom is 0.252 e. The van der Waals surface area contributed by atoms with E-state index < -0.39 is 38.9 Å². The molecule has 2 aliphatic heterocycles. The van der Waals surface area contributed by atoms with Gasteiger partial charge < -0.3 is 9.84 Å². The SMILES string of the molecule is CC1(c2ccc(F)c(Cl)c2)OC(N2CCCS2(=O)=O)=C(O)C1=O. The molecular formula is C14H13ClFNO5S. The Morgan fingerprint density at radius 2 is 2.13 bits per heavy atom. The standard InChI is InChI=1S/C14H13ClFNO5S/c1-14(8-3-4-10(16)9(15)7-8)12(19)11(18)13(22-14)17-5-2-6-23(17,20)21/h3-4,7,18H,2,5-6H2,1H3. The maximum absolute atomic E-state index is 13.3. The molecule has 0 radical (unpaired) electrons. The van der Waals surface area contributed by atoms with E-state index in [2.05, 4.69) is 0 Å². The van der Waals surface area contributed by atoms with Gasteiger partial charge in [0, 0.05) is 12.1 Å². The summed E-state index contributed by atoms with van der Waals surface area (Å²) in [4.78, 5) is 12.4. The summed E-state index contributed by atoms with van der Waals surface area (Å²) in [6.45, 7) is 1.49. The Bertz CT molecular complexity index is 838. The van der Waals surface area contributed by atoms with E-state index in [1.807, 2.05) is 0 Å². The van der Waals surface area contributed by atoms with E-state index in [1.54, 1.807) is 0 Å². The van der Waals surface area contributed by atoms with Crippen LogP contribution in [0.25, 0.3) is 0 Å². The molecule has 1 fully saturated rings. The first-order chi connectivity index (χ1) is 10.7. The average molecular weight is 362 g/mol. The molecule has 0 aliphatic carbocycles. The Kier molecular flexibility index (Phi) is 3.57. The number of aliphatic hydroxyl groups is 1. The van der Waals surface area contributed by atoms with Crippen LogP contribution in [0, 0.1) is 5.82 Å². The van der Waals surface area contributed by atoms with Crippen molar-refractivity contribution in [2.45, 2.75) is 18.9 Å². The van der Waals surface area contributed by atoms with Crippen molar-refractivity contribution in [3.63, 3.8) is 0 Å². The molecule has 1 aromatic rings. The number of ketones is 1. The number of rotatable bonds is 2. The Labute approximate surface area is 137 Å². The molecule has 1 aromatic carbocycles. The van der Waals surface area contributed by atoms with Crippen LogP contribution in [0.4, 0.5) is 4.39 Å². The van der Waals surface area contributed by atoms with Gasteiger partial charge in [-0.1, -0.05) is 17.7 Å². The smallest absolute Gasteiger partial charge is 0.252 e. The van der Waals surface area contributed by atoms with Crippen LogP contribution in [0.5, 0.6) is 0 Å². The molecule has 1 atom stereocenters. The third kappa shape index (κ3) is 2.36. The van der Waals surface area contributed by atoms with Crippen LogP contribution in [-0.2, 0) is 25.2 Å². The zero-order valence-corrected chi connectivity index (χ0v) is 13.6.